The molecule has 6 nitrogen and oxygen atoms in total. The molecule has 0 saturated heterocycles. The summed E-state index contributed by atoms with van der Waals surface area (Å²) < 4.78 is 36.6. The van der Waals surface area contributed by atoms with Gasteiger partial charge in [-0.25, -0.2) is 0 Å². The van der Waals surface area contributed by atoms with Crippen LogP contribution in [0.5, 0.6) is 0 Å². The van der Waals surface area contributed by atoms with Crippen molar-refractivity contribution in [1.82, 2.24) is 0 Å². The summed E-state index contributed by atoms with van der Waals surface area (Å²) in [6.07, 6.45) is 21.7. The molecule has 0 N–H and O–H groups in total. The summed E-state index contributed by atoms with van der Waals surface area (Å²) >= 11 is 0. The van der Waals surface area contributed by atoms with Crippen LogP contribution in [-0.4, -0.2) is 120 Å². The molecule has 2 rings (SSSR count). The second kappa shape index (κ2) is 33.8. The standard InChI is InChI=1S/C22H46O2S2Si2.2C12H30O2S2Si2/c1-7-21(27(3,4)23-19-15-11-9-12-16-19)25-26-22(8-2)28(5,6)24-20-17-13-10-14-18-20;2*1-9-11(17(5,6)13-3)15-16-12(10-2)18(7,8)14-4/h19-22H,7-18H2,1-6H3;2*11-12H,9-10H2,1-8H3. The van der Waals surface area contributed by atoms with Gasteiger partial charge in [0, 0.05) is 69.9 Å². The average molecular weight is 1120 g/mol. The monoisotopic (exact) mass is 1110 g/mol. The smallest absolute Gasteiger partial charge is 0.200 e. The van der Waals surface area contributed by atoms with Crippen LogP contribution < -0.4 is 0 Å². The normalized spacial score (nSPS) is 19.4. The van der Waals surface area contributed by atoms with Crippen LogP contribution in [0.1, 0.15) is 144 Å². The van der Waals surface area contributed by atoms with Crippen molar-refractivity contribution < 1.29 is 26.6 Å². The van der Waals surface area contributed by atoms with E-state index in [1.807, 2.05) is 71.6 Å². The molecular formula is C46H106O6S6Si6. The predicted molar refractivity (Wildman–Crippen MR) is 319 cm³/mol. The molecule has 2 aliphatic carbocycles. The van der Waals surface area contributed by atoms with Crippen molar-refractivity contribution in [3.05, 3.63) is 0 Å². The minimum atomic E-state index is -1.68. The van der Waals surface area contributed by atoms with Gasteiger partial charge in [0.1, 0.15) is 0 Å². The van der Waals surface area contributed by atoms with Crippen LogP contribution in [0.15, 0.2) is 0 Å². The van der Waals surface area contributed by atoms with E-state index in [1.165, 1.54) is 103 Å². The van der Waals surface area contributed by atoms with Gasteiger partial charge in [-0.1, -0.05) is 145 Å². The Hall–Kier alpha value is 3.16. The first-order chi connectivity index (χ1) is 29.8. The summed E-state index contributed by atoms with van der Waals surface area (Å²) in [7, 11) is 10.4. The maximum Gasteiger partial charge on any atom is 0.200 e. The van der Waals surface area contributed by atoms with Gasteiger partial charge in [0.15, 0.2) is 33.3 Å². The topological polar surface area (TPSA) is 55.4 Å². The van der Waals surface area contributed by atoms with Gasteiger partial charge in [-0.15, -0.1) is 0 Å². The summed E-state index contributed by atoms with van der Waals surface area (Å²) in [4.78, 5) is 3.97. The molecule has 64 heavy (non-hydrogen) atoms. The first-order valence-electron chi connectivity index (χ1n) is 25.3. The molecule has 18 heteroatoms. The molecule has 0 aromatic heterocycles. The summed E-state index contributed by atoms with van der Waals surface area (Å²) in [6, 6.07) is 0. The quantitative estimate of drug-likeness (QED) is 0.0530. The molecule has 2 aliphatic rings. The molecular weight excluding hydrogens is 1010 g/mol. The van der Waals surface area contributed by atoms with E-state index in [-0.39, 0.29) is 0 Å². The fourth-order valence-corrected chi connectivity index (χ4v) is 46.8. The lowest BCUT2D eigenvalue weighted by molar-refractivity contribution is 0.144. The zero-order chi connectivity index (χ0) is 49.4. The lowest BCUT2D eigenvalue weighted by Crippen LogP contribution is -2.47. The Morgan fingerprint density at radius 1 is 0.312 bits per heavy atom. The van der Waals surface area contributed by atoms with E-state index in [4.69, 9.17) is 26.6 Å². The Morgan fingerprint density at radius 2 is 0.484 bits per heavy atom. The summed E-state index contributed by atoms with van der Waals surface area (Å²) in [5, 5.41) is 0. The van der Waals surface area contributed by atoms with Crippen molar-refractivity contribution in [1.29, 1.82) is 0 Å². The Labute approximate surface area is 430 Å². The van der Waals surface area contributed by atoms with Crippen LogP contribution in [-0.2, 0) is 26.6 Å². The van der Waals surface area contributed by atoms with Crippen molar-refractivity contribution in [3.63, 3.8) is 0 Å². The molecule has 0 aromatic carbocycles. The van der Waals surface area contributed by atoms with Crippen LogP contribution in [0, 0.1) is 0 Å². The molecule has 2 fully saturated rings. The van der Waals surface area contributed by atoms with Gasteiger partial charge < -0.3 is 26.6 Å². The molecule has 6 unspecified atom stereocenters. The first kappa shape index (κ1) is 67.2. The molecule has 2 saturated carbocycles. The van der Waals surface area contributed by atoms with Gasteiger partial charge >= 0.3 is 0 Å². The van der Waals surface area contributed by atoms with Gasteiger partial charge in [-0.3, -0.25) is 0 Å². The maximum absolute atomic E-state index is 6.79. The number of hydrogen-bond donors (Lipinski definition) is 0. The van der Waals surface area contributed by atoms with Crippen molar-refractivity contribution >= 4 is 115 Å². The Morgan fingerprint density at radius 3 is 0.641 bits per heavy atom. The molecule has 0 spiro atoms. The van der Waals surface area contributed by atoms with E-state index < -0.39 is 49.9 Å². The van der Waals surface area contributed by atoms with Gasteiger partial charge in [-0.2, -0.15) is 0 Å². The third kappa shape index (κ3) is 24.7. The van der Waals surface area contributed by atoms with Gasteiger partial charge in [0.25, 0.3) is 0 Å². The second-order valence-electron chi connectivity index (χ2n) is 21.2. The van der Waals surface area contributed by atoms with Crippen LogP contribution in [0.4, 0.5) is 0 Å². The molecule has 0 heterocycles. The highest BCUT2D eigenvalue weighted by Crippen LogP contribution is 2.45. The SMILES string of the molecule is CCC(SSC(CC)[Si](C)(C)OC)[Si](C)(C)OC.CCC(SSC(CC)[Si](C)(C)OC)[Si](C)(C)OC.CCC(SSC(CC)[Si](C)(C)OC1CCCCC1)[Si](C)(C)OC1CCCCC1. The summed E-state index contributed by atoms with van der Waals surface area (Å²) in [5.74, 6) is 0. The fourth-order valence-electron chi connectivity index (χ4n) is 8.36. The Bertz CT molecular complexity index is 1050. The van der Waals surface area contributed by atoms with Crippen LogP contribution in [0.3, 0.4) is 0 Å². The van der Waals surface area contributed by atoms with Crippen LogP contribution in [0.25, 0.3) is 0 Å². The highest BCUT2D eigenvalue weighted by molar-refractivity contribution is 8.78. The number of rotatable bonds is 29. The van der Waals surface area contributed by atoms with E-state index in [9.17, 15) is 0 Å². The minimum Gasteiger partial charge on any atom is -0.419 e. The lowest BCUT2D eigenvalue weighted by Gasteiger charge is -2.39. The Balaban J connectivity index is 0.000000973. The molecule has 0 bridgehead atoms. The van der Waals surface area contributed by atoms with E-state index in [0.717, 1.165) is 0 Å². The first-order valence-corrected chi connectivity index (χ1v) is 50.0. The largest absolute Gasteiger partial charge is 0.419 e. The molecule has 0 radical (unpaired) electrons. The summed E-state index contributed by atoms with van der Waals surface area (Å²) in [6.45, 7) is 42.2. The van der Waals surface area contributed by atoms with Gasteiger partial charge in [-0.05, 0) is 143 Å². The molecule has 0 aliphatic heterocycles. The predicted octanol–water partition coefficient (Wildman–Crippen LogP) is 17.5. The van der Waals surface area contributed by atoms with Gasteiger partial charge in [0.05, 0.1) is 0 Å². The van der Waals surface area contributed by atoms with E-state index >= 15 is 0 Å². The highest BCUT2D eigenvalue weighted by Gasteiger charge is 2.41. The average Bonchev–Trinajstić information content (AvgIpc) is 3.25. The fraction of sp³-hybridized carbons (Fsp3) is 1.00. The Kier molecular flexibility index (Phi) is 35.5. The third-order valence-corrected chi connectivity index (χ3v) is 56.1. The summed E-state index contributed by atoms with van der Waals surface area (Å²) in [5.41, 5.74) is 0. The molecule has 386 valence electrons. The molecule has 6 atom stereocenters. The van der Waals surface area contributed by atoms with Crippen LogP contribution >= 0.6 is 64.8 Å². The van der Waals surface area contributed by atoms with E-state index in [1.54, 1.807) is 0 Å². The molecule has 0 amide bonds. The maximum atomic E-state index is 6.79. The van der Waals surface area contributed by atoms with E-state index in [2.05, 4.69) is 142 Å². The van der Waals surface area contributed by atoms with Crippen molar-refractivity contribution in [2.75, 3.05) is 28.4 Å². The van der Waals surface area contributed by atoms with Gasteiger partial charge in [0.2, 0.25) is 16.6 Å². The minimum absolute atomic E-state index is 0.539. The van der Waals surface area contributed by atoms with Crippen LogP contribution in [0.2, 0.25) is 78.6 Å². The van der Waals surface area contributed by atoms with Crippen molar-refractivity contribution in [2.45, 2.75) is 264 Å². The highest BCUT2D eigenvalue weighted by atomic mass is 33.1. The molecule has 0 aromatic rings. The van der Waals surface area contributed by atoms with E-state index in [0.29, 0.717) is 41.4 Å². The van der Waals surface area contributed by atoms with Crippen molar-refractivity contribution in [3.8, 4) is 0 Å². The zero-order valence-electron chi connectivity index (χ0n) is 45.8. The second-order valence-corrected chi connectivity index (χ2v) is 57.2. The zero-order valence-corrected chi connectivity index (χ0v) is 56.7. The van der Waals surface area contributed by atoms with Crippen molar-refractivity contribution in [2.24, 2.45) is 0 Å². The third-order valence-electron chi connectivity index (χ3n) is 13.9. The number of hydrogen-bond acceptors (Lipinski definition) is 12. The lowest BCUT2D eigenvalue weighted by atomic mass is 9.98.